The molecule has 3 aromatic rings. The quantitative estimate of drug-likeness (QED) is 0.501. The average Bonchev–Trinajstić information content (AvgIpc) is 3.16. The van der Waals surface area contributed by atoms with Gasteiger partial charge in [-0.15, -0.1) is 0 Å². The summed E-state index contributed by atoms with van der Waals surface area (Å²) >= 11 is 3.37. The van der Waals surface area contributed by atoms with Crippen molar-refractivity contribution < 1.29 is 14.1 Å². The first-order valence-corrected chi connectivity index (χ1v) is 10.8. The van der Waals surface area contributed by atoms with Crippen LogP contribution < -0.4 is 10.1 Å². The number of pyridine rings is 1. The van der Waals surface area contributed by atoms with Gasteiger partial charge in [0.25, 0.3) is 0 Å². The van der Waals surface area contributed by atoms with Crippen LogP contribution in [0.2, 0.25) is 0 Å². The highest BCUT2D eigenvalue weighted by Crippen LogP contribution is 2.28. The summed E-state index contributed by atoms with van der Waals surface area (Å²) in [5.41, 5.74) is 2.98. The van der Waals surface area contributed by atoms with Crippen LogP contribution in [0, 0.1) is 12.8 Å². The molecule has 0 bridgehead atoms. The fraction of sp³-hybridized carbons (Fsp3) is 0.261. The number of benzene rings is 1. The van der Waals surface area contributed by atoms with E-state index in [1.54, 1.807) is 13.1 Å². The van der Waals surface area contributed by atoms with Gasteiger partial charge in [0.05, 0.1) is 6.20 Å². The lowest BCUT2D eigenvalue weighted by Crippen LogP contribution is -2.42. The fourth-order valence-electron chi connectivity index (χ4n) is 3.49. The highest BCUT2D eigenvalue weighted by atomic mass is 79.9. The van der Waals surface area contributed by atoms with E-state index in [2.05, 4.69) is 50.5 Å². The molecule has 4 rings (SSSR count). The van der Waals surface area contributed by atoms with Crippen molar-refractivity contribution in [2.24, 2.45) is 5.92 Å². The molecule has 1 aliphatic heterocycles. The van der Waals surface area contributed by atoms with Crippen LogP contribution in [0.15, 0.2) is 63.4 Å². The molecule has 7 nitrogen and oxygen atoms in total. The van der Waals surface area contributed by atoms with E-state index in [-0.39, 0.29) is 11.9 Å². The van der Waals surface area contributed by atoms with Gasteiger partial charge in [-0.1, -0.05) is 35.9 Å². The number of nitrogens with zero attached hydrogens (tertiary/aromatic N) is 3. The van der Waals surface area contributed by atoms with E-state index in [1.165, 1.54) is 11.8 Å². The molecule has 31 heavy (non-hydrogen) atoms. The number of aromatic nitrogens is 2. The lowest BCUT2D eigenvalue weighted by molar-refractivity contribution is 0.197. The van der Waals surface area contributed by atoms with Crippen LogP contribution in [-0.4, -0.2) is 34.2 Å². The van der Waals surface area contributed by atoms with E-state index in [0.29, 0.717) is 30.4 Å². The van der Waals surface area contributed by atoms with Crippen molar-refractivity contribution in [1.82, 2.24) is 15.0 Å². The molecule has 8 heteroatoms. The van der Waals surface area contributed by atoms with Gasteiger partial charge < -0.3 is 19.5 Å². The van der Waals surface area contributed by atoms with Crippen LogP contribution in [0.25, 0.3) is 6.08 Å². The number of piperidine rings is 1. The zero-order valence-corrected chi connectivity index (χ0v) is 18.9. The minimum Gasteiger partial charge on any atom is -0.439 e. The molecule has 0 spiro atoms. The Kier molecular flexibility index (Phi) is 6.36. The van der Waals surface area contributed by atoms with Gasteiger partial charge in [0, 0.05) is 29.8 Å². The predicted octanol–water partition coefficient (Wildman–Crippen LogP) is 5.89. The van der Waals surface area contributed by atoms with Gasteiger partial charge >= 0.3 is 6.03 Å². The summed E-state index contributed by atoms with van der Waals surface area (Å²) in [6.07, 6.45) is 6.23. The maximum atomic E-state index is 12.6. The summed E-state index contributed by atoms with van der Waals surface area (Å²) in [6, 6.07) is 11.5. The first-order valence-electron chi connectivity index (χ1n) is 10.0. The van der Waals surface area contributed by atoms with E-state index in [1.807, 2.05) is 35.2 Å². The lowest BCUT2D eigenvalue weighted by atomic mass is 9.91. The largest absolute Gasteiger partial charge is 0.439 e. The van der Waals surface area contributed by atoms with Crippen LogP contribution in [-0.2, 0) is 0 Å². The topological polar surface area (TPSA) is 80.5 Å². The number of likely N-dealkylation sites (tertiary alicyclic amines) is 1. The number of carbonyl (C=O) groups is 1. The Morgan fingerprint density at radius 1 is 1.32 bits per heavy atom. The Bertz CT molecular complexity index is 1090. The molecule has 0 aliphatic carbocycles. The number of halogens is 1. The molecule has 0 saturated carbocycles. The van der Waals surface area contributed by atoms with Gasteiger partial charge in [0.2, 0.25) is 5.88 Å². The molecule has 160 valence electrons. The number of amides is 2. The lowest BCUT2D eigenvalue weighted by Gasteiger charge is -2.33. The number of nitrogens with one attached hydrogen (secondary N) is 1. The van der Waals surface area contributed by atoms with Crippen molar-refractivity contribution in [3.05, 3.63) is 70.2 Å². The summed E-state index contributed by atoms with van der Waals surface area (Å²) in [6.45, 7) is 5.22. The summed E-state index contributed by atoms with van der Waals surface area (Å²) in [7, 11) is 0. The van der Waals surface area contributed by atoms with Crippen molar-refractivity contribution in [2.75, 3.05) is 18.4 Å². The third-order valence-corrected chi connectivity index (χ3v) is 5.68. The van der Waals surface area contributed by atoms with Gasteiger partial charge in [0.1, 0.15) is 11.4 Å². The SMILES string of the molecule is Cc1oncc1NC(=O)N1CC/C(=C\c2cccc(Oc3ccc(Br)cn3)c2)C(C)C1. The number of ether oxygens (including phenoxy) is 1. The van der Waals surface area contributed by atoms with E-state index >= 15 is 0 Å². The first kappa shape index (κ1) is 21.1. The minimum atomic E-state index is -0.130. The van der Waals surface area contributed by atoms with Crippen LogP contribution in [0.3, 0.4) is 0 Å². The summed E-state index contributed by atoms with van der Waals surface area (Å²) in [4.78, 5) is 18.6. The number of hydrogen-bond acceptors (Lipinski definition) is 5. The van der Waals surface area contributed by atoms with Gasteiger partial charge in [-0.2, -0.15) is 0 Å². The van der Waals surface area contributed by atoms with Crippen LogP contribution in [0.5, 0.6) is 11.6 Å². The summed E-state index contributed by atoms with van der Waals surface area (Å²) in [5, 5.41) is 6.56. The van der Waals surface area contributed by atoms with Crippen molar-refractivity contribution >= 4 is 33.7 Å². The number of anilines is 1. The molecule has 2 amide bonds. The standard InChI is InChI=1S/C23H23BrN4O3/c1-15-14-28(23(29)27-21-13-26-31-16(21)2)9-8-18(15)10-17-4-3-5-20(11-17)30-22-7-6-19(24)12-25-22/h3-7,10-13,15H,8-9,14H2,1-2H3,(H,27,29)/b18-10+. The monoisotopic (exact) mass is 482 g/mol. The second-order valence-electron chi connectivity index (χ2n) is 7.53. The molecule has 1 unspecified atom stereocenters. The molecule has 3 heterocycles. The Labute approximate surface area is 189 Å². The first-order chi connectivity index (χ1) is 15.0. The number of urea groups is 1. The second kappa shape index (κ2) is 9.34. The Morgan fingerprint density at radius 3 is 2.90 bits per heavy atom. The number of carbonyl (C=O) groups excluding carboxylic acids is 1. The summed E-state index contributed by atoms with van der Waals surface area (Å²) in [5.74, 6) is 2.13. The molecular formula is C23H23BrN4O3. The maximum Gasteiger partial charge on any atom is 0.322 e. The molecule has 0 radical (unpaired) electrons. The highest BCUT2D eigenvalue weighted by molar-refractivity contribution is 9.10. The third kappa shape index (κ3) is 5.32. The Hall–Kier alpha value is -3.13. The van der Waals surface area contributed by atoms with Gasteiger partial charge in [-0.05, 0) is 59.0 Å². The minimum absolute atomic E-state index is 0.130. The Balaban J connectivity index is 1.40. The number of hydrogen-bond donors (Lipinski definition) is 1. The maximum absolute atomic E-state index is 12.6. The van der Waals surface area contributed by atoms with E-state index in [9.17, 15) is 4.79 Å². The molecule has 1 atom stereocenters. The van der Waals surface area contributed by atoms with Crippen LogP contribution >= 0.6 is 15.9 Å². The molecule has 2 aromatic heterocycles. The molecular weight excluding hydrogens is 460 g/mol. The van der Waals surface area contributed by atoms with E-state index in [0.717, 1.165) is 22.2 Å². The van der Waals surface area contributed by atoms with Gasteiger partial charge in [-0.25, -0.2) is 9.78 Å². The molecule has 1 aliphatic rings. The molecule has 1 saturated heterocycles. The van der Waals surface area contributed by atoms with E-state index in [4.69, 9.17) is 9.26 Å². The number of aryl methyl sites for hydroxylation is 1. The molecule has 1 aromatic carbocycles. The van der Waals surface area contributed by atoms with Gasteiger partial charge in [-0.3, -0.25) is 0 Å². The normalized spacial score (nSPS) is 17.6. The highest BCUT2D eigenvalue weighted by Gasteiger charge is 2.25. The van der Waals surface area contributed by atoms with Crippen molar-refractivity contribution in [2.45, 2.75) is 20.3 Å². The predicted molar refractivity (Wildman–Crippen MR) is 122 cm³/mol. The smallest absolute Gasteiger partial charge is 0.322 e. The Morgan fingerprint density at radius 2 is 2.19 bits per heavy atom. The average molecular weight is 483 g/mol. The zero-order valence-electron chi connectivity index (χ0n) is 17.3. The third-order valence-electron chi connectivity index (χ3n) is 5.21. The van der Waals surface area contributed by atoms with Crippen LogP contribution in [0.4, 0.5) is 10.5 Å². The van der Waals surface area contributed by atoms with Crippen molar-refractivity contribution in [3.8, 4) is 11.6 Å². The van der Waals surface area contributed by atoms with Crippen molar-refractivity contribution in [3.63, 3.8) is 0 Å². The van der Waals surface area contributed by atoms with Crippen LogP contribution in [0.1, 0.15) is 24.7 Å². The molecule has 1 fully saturated rings. The molecule has 1 N–H and O–H groups in total. The second-order valence-corrected chi connectivity index (χ2v) is 8.45. The van der Waals surface area contributed by atoms with Crippen molar-refractivity contribution in [1.29, 1.82) is 0 Å². The summed E-state index contributed by atoms with van der Waals surface area (Å²) < 4.78 is 11.8. The van der Waals surface area contributed by atoms with E-state index < -0.39 is 0 Å². The fourth-order valence-corrected chi connectivity index (χ4v) is 3.72. The number of rotatable bonds is 4. The van der Waals surface area contributed by atoms with Gasteiger partial charge in [0.15, 0.2) is 5.76 Å². The zero-order chi connectivity index (χ0) is 21.8.